The summed E-state index contributed by atoms with van der Waals surface area (Å²) in [5, 5.41) is 2.90. The molecular weight excluding hydrogens is 450 g/mol. The van der Waals surface area contributed by atoms with Crippen molar-refractivity contribution < 1.29 is 28.6 Å². The summed E-state index contributed by atoms with van der Waals surface area (Å²) in [5.74, 6) is 0.792. The van der Waals surface area contributed by atoms with Gasteiger partial charge in [-0.1, -0.05) is 13.8 Å². The standard InChI is InChI=1S/C26H33N3O6/c1-5-28(6-2)14-13-27-26(32)18(3)29-22-15-19(7-12-24(22)35-17-25(29)31)23(30)16-34-21-10-8-20(33-4)9-11-21/h7-12,15,18H,5-6,13-14,16-17H2,1-4H3,(H,27,32). The normalized spacial score (nSPS) is 13.6. The smallest absolute Gasteiger partial charge is 0.265 e. The molecule has 9 nitrogen and oxygen atoms in total. The molecule has 0 radical (unpaired) electrons. The number of anilines is 1. The zero-order chi connectivity index (χ0) is 25.4. The van der Waals surface area contributed by atoms with Gasteiger partial charge in [0.05, 0.1) is 12.8 Å². The number of ether oxygens (including phenoxy) is 3. The minimum absolute atomic E-state index is 0.169. The van der Waals surface area contributed by atoms with E-state index >= 15 is 0 Å². The third-order valence-corrected chi connectivity index (χ3v) is 5.98. The third-order valence-electron chi connectivity index (χ3n) is 5.98. The van der Waals surface area contributed by atoms with Gasteiger partial charge in [0, 0.05) is 18.7 Å². The number of carbonyl (C=O) groups excluding carboxylic acids is 3. The third kappa shape index (κ3) is 6.51. The number of hydrogen-bond donors (Lipinski definition) is 1. The van der Waals surface area contributed by atoms with E-state index < -0.39 is 6.04 Å². The Morgan fingerprint density at radius 3 is 2.46 bits per heavy atom. The number of nitrogens with zero attached hydrogens (tertiary/aromatic N) is 2. The van der Waals surface area contributed by atoms with Crippen molar-refractivity contribution in [2.24, 2.45) is 0 Å². The maximum atomic E-state index is 12.8. The average Bonchev–Trinajstić information content (AvgIpc) is 2.89. The van der Waals surface area contributed by atoms with Crippen molar-refractivity contribution in [3.63, 3.8) is 0 Å². The quantitative estimate of drug-likeness (QED) is 0.464. The number of ketones is 1. The number of carbonyl (C=O) groups is 3. The van der Waals surface area contributed by atoms with Crippen molar-refractivity contribution in [1.29, 1.82) is 0 Å². The summed E-state index contributed by atoms with van der Waals surface area (Å²) >= 11 is 0. The van der Waals surface area contributed by atoms with Gasteiger partial charge in [0.15, 0.2) is 19.0 Å². The van der Waals surface area contributed by atoms with Crippen molar-refractivity contribution in [3.8, 4) is 17.2 Å². The van der Waals surface area contributed by atoms with Crippen molar-refractivity contribution in [1.82, 2.24) is 10.2 Å². The van der Waals surface area contributed by atoms with Crippen LogP contribution in [0.15, 0.2) is 42.5 Å². The molecule has 2 aromatic carbocycles. The minimum atomic E-state index is -0.761. The fourth-order valence-corrected chi connectivity index (χ4v) is 3.82. The van der Waals surface area contributed by atoms with E-state index in [2.05, 4.69) is 24.1 Å². The minimum Gasteiger partial charge on any atom is -0.497 e. The number of methoxy groups -OCH3 is 1. The first-order valence-corrected chi connectivity index (χ1v) is 11.8. The SMILES string of the molecule is CCN(CC)CCNC(=O)C(C)N1C(=O)COc2ccc(C(=O)COc3ccc(OC)cc3)cc21. The van der Waals surface area contributed by atoms with Gasteiger partial charge in [0.1, 0.15) is 23.3 Å². The number of likely N-dealkylation sites (N-methyl/N-ethyl adjacent to an activating group) is 1. The topological polar surface area (TPSA) is 97.4 Å². The van der Waals surface area contributed by atoms with Gasteiger partial charge >= 0.3 is 0 Å². The zero-order valence-corrected chi connectivity index (χ0v) is 20.7. The highest BCUT2D eigenvalue weighted by atomic mass is 16.5. The lowest BCUT2D eigenvalue weighted by Crippen LogP contribution is -2.52. The molecule has 1 N–H and O–H groups in total. The predicted molar refractivity (Wildman–Crippen MR) is 133 cm³/mol. The van der Waals surface area contributed by atoms with Gasteiger partial charge in [-0.15, -0.1) is 0 Å². The molecule has 0 bridgehead atoms. The van der Waals surface area contributed by atoms with E-state index in [1.807, 2.05) is 0 Å². The van der Waals surface area contributed by atoms with Gasteiger partial charge < -0.3 is 24.4 Å². The van der Waals surface area contributed by atoms with Crippen LogP contribution in [0.25, 0.3) is 0 Å². The molecule has 0 aliphatic carbocycles. The van der Waals surface area contributed by atoms with E-state index in [1.165, 1.54) is 4.90 Å². The average molecular weight is 484 g/mol. The summed E-state index contributed by atoms with van der Waals surface area (Å²) < 4.78 is 16.3. The van der Waals surface area contributed by atoms with Crippen LogP contribution in [0.1, 0.15) is 31.1 Å². The highest BCUT2D eigenvalue weighted by molar-refractivity contribution is 6.05. The zero-order valence-electron chi connectivity index (χ0n) is 20.7. The Hall–Kier alpha value is -3.59. The van der Waals surface area contributed by atoms with Crippen LogP contribution >= 0.6 is 0 Å². The molecule has 0 spiro atoms. The molecule has 0 saturated heterocycles. The number of benzene rings is 2. The Morgan fingerprint density at radius 2 is 1.80 bits per heavy atom. The molecule has 2 aromatic rings. The lowest BCUT2D eigenvalue weighted by molar-refractivity contribution is -0.127. The van der Waals surface area contributed by atoms with Crippen LogP contribution in [-0.2, 0) is 9.59 Å². The number of nitrogens with one attached hydrogen (secondary N) is 1. The molecule has 2 amide bonds. The molecule has 9 heteroatoms. The van der Waals surface area contributed by atoms with Gasteiger partial charge in [-0.25, -0.2) is 0 Å². The van der Waals surface area contributed by atoms with E-state index in [0.29, 0.717) is 35.0 Å². The second kappa shape index (κ2) is 12.2. The Balaban J connectivity index is 1.69. The Labute approximate surface area is 205 Å². The van der Waals surface area contributed by atoms with E-state index in [0.717, 1.165) is 19.6 Å². The molecular formula is C26H33N3O6. The van der Waals surface area contributed by atoms with E-state index in [9.17, 15) is 14.4 Å². The molecule has 1 atom stereocenters. The first-order chi connectivity index (χ1) is 16.9. The number of rotatable bonds is 12. The monoisotopic (exact) mass is 483 g/mol. The first-order valence-electron chi connectivity index (χ1n) is 11.8. The molecule has 1 heterocycles. The number of Topliss-reactive ketones (excluding diaryl/α,β-unsaturated/α-hetero) is 1. The fourth-order valence-electron chi connectivity index (χ4n) is 3.82. The first kappa shape index (κ1) is 26.0. The van der Waals surface area contributed by atoms with Crippen LogP contribution in [0.2, 0.25) is 0 Å². The summed E-state index contributed by atoms with van der Waals surface area (Å²) in [6.07, 6.45) is 0. The number of amides is 2. The molecule has 1 aliphatic heterocycles. The second-order valence-electron chi connectivity index (χ2n) is 8.12. The Morgan fingerprint density at radius 1 is 1.11 bits per heavy atom. The van der Waals surface area contributed by atoms with E-state index in [1.54, 1.807) is 56.5 Å². The van der Waals surface area contributed by atoms with Gasteiger partial charge in [0.25, 0.3) is 5.91 Å². The lowest BCUT2D eigenvalue weighted by atomic mass is 10.1. The van der Waals surface area contributed by atoms with E-state index in [4.69, 9.17) is 14.2 Å². The summed E-state index contributed by atoms with van der Waals surface area (Å²) in [6.45, 7) is 8.46. The van der Waals surface area contributed by atoms with Crippen molar-refractivity contribution in [3.05, 3.63) is 48.0 Å². The number of fused-ring (bicyclic) bond motifs is 1. The summed E-state index contributed by atoms with van der Waals surface area (Å²) in [7, 11) is 1.57. The van der Waals surface area contributed by atoms with Crippen LogP contribution in [0.4, 0.5) is 5.69 Å². The maximum Gasteiger partial charge on any atom is 0.265 e. The van der Waals surface area contributed by atoms with Crippen LogP contribution in [0.3, 0.4) is 0 Å². The number of hydrogen-bond acceptors (Lipinski definition) is 7. The highest BCUT2D eigenvalue weighted by Gasteiger charge is 2.33. The van der Waals surface area contributed by atoms with Crippen molar-refractivity contribution in [2.75, 3.05) is 51.4 Å². The van der Waals surface area contributed by atoms with E-state index in [-0.39, 0.29) is 30.8 Å². The second-order valence-corrected chi connectivity index (χ2v) is 8.12. The maximum absolute atomic E-state index is 12.8. The van der Waals surface area contributed by atoms with Crippen LogP contribution in [0, 0.1) is 0 Å². The summed E-state index contributed by atoms with van der Waals surface area (Å²) in [4.78, 5) is 41.9. The fraction of sp³-hybridized carbons (Fsp3) is 0.423. The van der Waals surface area contributed by atoms with Gasteiger partial charge in [0.2, 0.25) is 5.91 Å². The molecule has 35 heavy (non-hydrogen) atoms. The molecule has 0 aromatic heterocycles. The Bertz CT molecular complexity index is 1040. The van der Waals surface area contributed by atoms with Crippen molar-refractivity contribution in [2.45, 2.75) is 26.8 Å². The molecule has 0 saturated carbocycles. The van der Waals surface area contributed by atoms with Crippen LogP contribution in [-0.4, -0.2) is 75.0 Å². The molecule has 1 aliphatic rings. The van der Waals surface area contributed by atoms with Gasteiger partial charge in [-0.05, 0) is 62.5 Å². The summed E-state index contributed by atoms with van der Waals surface area (Å²) in [6, 6.07) is 11.0. The van der Waals surface area contributed by atoms with Gasteiger partial charge in [-0.3, -0.25) is 19.3 Å². The molecule has 3 rings (SSSR count). The van der Waals surface area contributed by atoms with Crippen molar-refractivity contribution >= 4 is 23.3 Å². The molecule has 1 unspecified atom stereocenters. The molecule has 188 valence electrons. The van der Waals surface area contributed by atoms with Crippen LogP contribution in [0.5, 0.6) is 17.2 Å². The highest BCUT2D eigenvalue weighted by Crippen LogP contribution is 2.34. The molecule has 0 fully saturated rings. The largest absolute Gasteiger partial charge is 0.497 e. The summed E-state index contributed by atoms with van der Waals surface area (Å²) in [5.41, 5.74) is 0.748. The van der Waals surface area contributed by atoms with Crippen LogP contribution < -0.4 is 24.4 Å². The predicted octanol–water partition coefficient (Wildman–Crippen LogP) is 2.53. The Kier molecular flexibility index (Phi) is 9.08. The van der Waals surface area contributed by atoms with Gasteiger partial charge in [-0.2, -0.15) is 0 Å². The lowest BCUT2D eigenvalue weighted by Gasteiger charge is -2.33.